The summed E-state index contributed by atoms with van der Waals surface area (Å²) in [6.45, 7) is 3.13. The van der Waals surface area contributed by atoms with Gasteiger partial charge in [-0.2, -0.15) is 0 Å². The van der Waals surface area contributed by atoms with Gasteiger partial charge in [0.1, 0.15) is 0 Å². The van der Waals surface area contributed by atoms with Gasteiger partial charge in [-0.25, -0.2) is 0 Å². The Balaban J connectivity index is 1.92. The molecule has 1 aliphatic rings. The molecular weight excluding hydrogens is 184 g/mol. The van der Waals surface area contributed by atoms with Crippen molar-refractivity contribution in [3.8, 4) is 0 Å². The Bertz CT molecular complexity index is 319. The van der Waals surface area contributed by atoms with E-state index >= 15 is 0 Å². The Kier molecular flexibility index (Phi) is 3.54. The Morgan fingerprint density at radius 3 is 2.67 bits per heavy atom. The monoisotopic (exact) mass is 202 g/mol. The maximum Gasteiger partial charge on any atom is 0.0424 e. The Hall–Kier alpha value is -1.12. The zero-order chi connectivity index (χ0) is 10.5. The van der Waals surface area contributed by atoms with Crippen molar-refractivity contribution >= 4 is 0 Å². The highest BCUT2D eigenvalue weighted by molar-refractivity contribution is 5.18. The molecule has 1 aliphatic heterocycles. The minimum absolute atomic E-state index is 0.137. The molecule has 2 rings (SSSR count). The van der Waals surface area contributed by atoms with Crippen LogP contribution < -0.4 is 5.73 Å². The quantitative estimate of drug-likeness (QED) is 0.759. The molecular formula is C13H18N2. The van der Waals surface area contributed by atoms with Crippen LogP contribution >= 0.6 is 0 Å². The van der Waals surface area contributed by atoms with Gasteiger partial charge in [0.25, 0.3) is 0 Å². The summed E-state index contributed by atoms with van der Waals surface area (Å²) in [6, 6.07) is 10.5. The van der Waals surface area contributed by atoms with Gasteiger partial charge in [0.15, 0.2) is 0 Å². The molecule has 2 heteroatoms. The van der Waals surface area contributed by atoms with Crippen LogP contribution in [0.5, 0.6) is 0 Å². The normalized spacial score (nSPS) is 19.0. The topological polar surface area (TPSA) is 29.3 Å². The van der Waals surface area contributed by atoms with Crippen LogP contribution in [0.4, 0.5) is 0 Å². The first-order valence-electron chi connectivity index (χ1n) is 5.54. The van der Waals surface area contributed by atoms with Crippen molar-refractivity contribution in [2.24, 2.45) is 5.73 Å². The smallest absolute Gasteiger partial charge is 0.0424 e. The fourth-order valence-electron chi connectivity index (χ4n) is 1.94. The van der Waals surface area contributed by atoms with Gasteiger partial charge >= 0.3 is 0 Å². The second-order valence-corrected chi connectivity index (χ2v) is 4.04. The number of nitrogens with two attached hydrogens (primary N) is 1. The van der Waals surface area contributed by atoms with Crippen molar-refractivity contribution in [3.05, 3.63) is 48.0 Å². The number of hydrogen-bond donors (Lipinski definition) is 1. The van der Waals surface area contributed by atoms with Gasteiger partial charge in [-0.1, -0.05) is 42.5 Å². The minimum atomic E-state index is 0.137. The first kappa shape index (κ1) is 10.4. The Labute approximate surface area is 91.4 Å². The molecule has 2 nitrogen and oxygen atoms in total. The van der Waals surface area contributed by atoms with Crippen molar-refractivity contribution in [1.29, 1.82) is 0 Å². The molecule has 1 aromatic carbocycles. The molecule has 2 N–H and O–H groups in total. The van der Waals surface area contributed by atoms with Gasteiger partial charge in [0.05, 0.1) is 0 Å². The number of rotatable bonds is 3. The van der Waals surface area contributed by atoms with E-state index in [9.17, 15) is 0 Å². The summed E-state index contributed by atoms with van der Waals surface area (Å²) in [5.74, 6) is 0. The van der Waals surface area contributed by atoms with Crippen LogP contribution in [0.25, 0.3) is 0 Å². The summed E-state index contributed by atoms with van der Waals surface area (Å²) in [4.78, 5) is 2.40. The standard InChI is InChI=1S/C13H18N2/c14-13(12-7-3-1-4-8-12)11-15-9-5-2-6-10-15/h1-5,7-8,13H,6,9-11,14H2. The highest BCUT2D eigenvalue weighted by atomic mass is 15.1. The van der Waals surface area contributed by atoms with Crippen LogP contribution in [0.15, 0.2) is 42.5 Å². The maximum atomic E-state index is 6.16. The van der Waals surface area contributed by atoms with E-state index in [1.165, 1.54) is 5.56 Å². The second-order valence-electron chi connectivity index (χ2n) is 4.04. The first-order valence-corrected chi connectivity index (χ1v) is 5.54. The summed E-state index contributed by atoms with van der Waals surface area (Å²) in [5, 5.41) is 0. The molecule has 0 saturated heterocycles. The fraction of sp³-hybridized carbons (Fsp3) is 0.385. The van der Waals surface area contributed by atoms with Crippen LogP contribution in [-0.4, -0.2) is 24.5 Å². The highest BCUT2D eigenvalue weighted by Crippen LogP contribution is 2.12. The average molecular weight is 202 g/mol. The lowest BCUT2D eigenvalue weighted by Crippen LogP contribution is -2.34. The van der Waals surface area contributed by atoms with E-state index in [0.717, 1.165) is 26.1 Å². The largest absolute Gasteiger partial charge is 0.323 e. The van der Waals surface area contributed by atoms with Crippen LogP contribution in [0.1, 0.15) is 18.0 Å². The average Bonchev–Trinajstić information content (AvgIpc) is 2.31. The van der Waals surface area contributed by atoms with E-state index in [-0.39, 0.29) is 6.04 Å². The fourth-order valence-corrected chi connectivity index (χ4v) is 1.94. The van der Waals surface area contributed by atoms with Gasteiger partial charge < -0.3 is 5.73 Å². The van der Waals surface area contributed by atoms with Gasteiger partial charge in [-0.15, -0.1) is 0 Å². The van der Waals surface area contributed by atoms with E-state index in [1.807, 2.05) is 18.2 Å². The lowest BCUT2D eigenvalue weighted by Gasteiger charge is -2.26. The molecule has 0 amide bonds. The number of benzene rings is 1. The van der Waals surface area contributed by atoms with Crippen molar-refractivity contribution in [2.75, 3.05) is 19.6 Å². The Morgan fingerprint density at radius 1 is 1.20 bits per heavy atom. The van der Waals surface area contributed by atoms with Crippen molar-refractivity contribution in [3.63, 3.8) is 0 Å². The lowest BCUT2D eigenvalue weighted by molar-refractivity contribution is 0.280. The molecule has 1 heterocycles. The molecule has 0 saturated carbocycles. The van der Waals surface area contributed by atoms with Crippen molar-refractivity contribution in [2.45, 2.75) is 12.5 Å². The molecule has 0 aromatic heterocycles. The number of hydrogen-bond acceptors (Lipinski definition) is 2. The molecule has 1 atom stereocenters. The molecule has 1 unspecified atom stereocenters. The van der Waals surface area contributed by atoms with Gasteiger partial charge in [0, 0.05) is 25.7 Å². The van der Waals surface area contributed by atoms with Crippen LogP contribution in [0.3, 0.4) is 0 Å². The molecule has 15 heavy (non-hydrogen) atoms. The predicted octanol–water partition coefficient (Wildman–Crippen LogP) is 1.95. The zero-order valence-corrected chi connectivity index (χ0v) is 8.97. The third-order valence-electron chi connectivity index (χ3n) is 2.82. The predicted molar refractivity (Wildman–Crippen MR) is 63.6 cm³/mol. The van der Waals surface area contributed by atoms with Gasteiger partial charge in [0.2, 0.25) is 0 Å². The van der Waals surface area contributed by atoms with Crippen molar-refractivity contribution < 1.29 is 0 Å². The molecule has 0 spiro atoms. The molecule has 0 radical (unpaired) electrons. The van der Waals surface area contributed by atoms with Crippen molar-refractivity contribution in [1.82, 2.24) is 4.90 Å². The van der Waals surface area contributed by atoms with Crippen LogP contribution in [0.2, 0.25) is 0 Å². The summed E-state index contributed by atoms with van der Waals surface area (Å²) >= 11 is 0. The first-order chi connectivity index (χ1) is 7.36. The van der Waals surface area contributed by atoms with E-state index in [1.54, 1.807) is 0 Å². The summed E-state index contributed by atoms with van der Waals surface area (Å²) in [5.41, 5.74) is 7.39. The third kappa shape index (κ3) is 2.91. The lowest BCUT2D eigenvalue weighted by atomic mass is 10.1. The summed E-state index contributed by atoms with van der Waals surface area (Å²) in [6.07, 6.45) is 5.62. The van der Waals surface area contributed by atoms with E-state index in [0.29, 0.717) is 0 Å². The second kappa shape index (κ2) is 5.10. The zero-order valence-electron chi connectivity index (χ0n) is 8.97. The van der Waals surface area contributed by atoms with Gasteiger partial charge in [-0.05, 0) is 12.0 Å². The molecule has 0 bridgehead atoms. The van der Waals surface area contributed by atoms with Crippen LogP contribution in [0, 0.1) is 0 Å². The molecule has 0 aliphatic carbocycles. The maximum absolute atomic E-state index is 6.16. The van der Waals surface area contributed by atoms with E-state index in [4.69, 9.17) is 5.73 Å². The third-order valence-corrected chi connectivity index (χ3v) is 2.82. The van der Waals surface area contributed by atoms with E-state index < -0.39 is 0 Å². The SMILES string of the molecule is NC(CN1CC=CCC1)c1ccccc1. The Morgan fingerprint density at radius 2 is 2.00 bits per heavy atom. The molecule has 1 aromatic rings. The minimum Gasteiger partial charge on any atom is -0.323 e. The van der Waals surface area contributed by atoms with Gasteiger partial charge in [-0.3, -0.25) is 4.90 Å². The number of nitrogens with zero attached hydrogens (tertiary/aromatic N) is 1. The molecule has 80 valence electrons. The highest BCUT2D eigenvalue weighted by Gasteiger charge is 2.11. The summed E-state index contributed by atoms with van der Waals surface area (Å²) in [7, 11) is 0. The van der Waals surface area contributed by atoms with Crippen LogP contribution in [-0.2, 0) is 0 Å². The molecule has 0 fully saturated rings. The summed E-state index contributed by atoms with van der Waals surface area (Å²) < 4.78 is 0. The van der Waals surface area contributed by atoms with E-state index in [2.05, 4.69) is 29.2 Å².